The van der Waals surface area contributed by atoms with Crippen LogP contribution in [0.2, 0.25) is 0 Å². The van der Waals surface area contributed by atoms with Gasteiger partial charge in [0.05, 0.1) is 23.5 Å². The Balaban J connectivity index is 1.28. The Bertz CT molecular complexity index is 1980. The van der Waals surface area contributed by atoms with Gasteiger partial charge in [0.25, 0.3) is 0 Å². The summed E-state index contributed by atoms with van der Waals surface area (Å²) in [5, 5.41) is 27.8. The molecule has 9 nitrogen and oxygen atoms in total. The standard InChI is InChI=1S/C58H82N2O7S/c1-3-5-6-7-8-9-10-11-12-13-14-15-16-27-39-68-54-42-52(60-65-44-46-30-21-18-22-31-46)50-40-47(32-23-25-36-61)49(33-24-26-37-62)55-51-41-48(66-57(63)59-43-45-28-19-17-20-29-45)34-35-53(51)67-58(54,56(50)55)64-38-4-2/h4,17-22,28-31,34-35,40-41,47,49,54-56,61-62H,2-3,5-16,23-27,32-33,36-39,42-44H2,1H3,(H,59,63)/t47-,49+,54-,55+,56+,58+/m0/s1. The SMILES string of the molecule is C=CCO[C@@]12Oc3ccc(OC(=O)NCc4ccccc4)cc3[C@H]3[C@H](CCCCO)[C@@H](CCCCO)C=C(C(=NOCc4ccccc4)C[C@@H]1SCCCCCCCCCCCCCCCC)[C@H]32. The van der Waals surface area contributed by atoms with Crippen LogP contribution in [0.3, 0.4) is 0 Å². The number of nitrogens with one attached hydrogen (secondary N) is 1. The van der Waals surface area contributed by atoms with Crippen molar-refractivity contribution in [3.63, 3.8) is 0 Å². The molecule has 2 aliphatic carbocycles. The van der Waals surface area contributed by atoms with Gasteiger partial charge in [-0.25, -0.2) is 4.79 Å². The number of hydrogen-bond acceptors (Lipinski definition) is 9. The van der Waals surface area contributed by atoms with E-state index in [2.05, 4.69) is 37.0 Å². The average Bonchev–Trinajstić information content (AvgIpc) is 3.36. The number of amides is 1. The lowest BCUT2D eigenvalue weighted by atomic mass is 9.56. The van der Waals surface area contributed by atoms with E-state index in [0.29, 0.717) is 38.3 Å². The molecule has 68 heavy (non-hydrogen) atoms. The molecule has 3 aliphatic rings. The maximum atomic E-state index is 13.3. The van der Waals surface area contributed by atoms with E-state index >= 15 is 0 Å². The molecular weight excluding hydrogens is 869 g/mol. The second kappa shape index (κ2) is 29.8. The van der Waals surface area contributed by atoms with Crippen LogP contribution in [0.15, 0.2) is 108 Å². The number of carbonyl (C=O) groups excluding carboxylic acids is 1. The van der Waals surface area contributed by atoms with Crippen molar-refractivity contribution >= 4 is 23.6 Å². The van der Waals surface area contributed by atoms with E-state index < -0.39 is 11.9 Å². The summed E-state index contributed by atoms with van der Waals surface area (Å²) in [6, 6.07) is 25.7. The van der Waals surface area contributed by atoms with Crippen LogP contribution < -0.4 is 14.8 Å². The van der Waals surface area contributed by atoms with Crippen LogP contribution in [0.1, 0.15) is 164 Å². The van der Waals surface area contributed by atoms with E-state index in [1.165, 1.54) is 83.5 Å². The molecule has 0 bridgehead atoms. The summed E-state index contributed by atoms with van der Waals surface area (Å²) in [5.74, 6) is 1.05. The highest BCUT2D eigenvalue weighted by Crippen LogP contribution is 2.62. The number of ether oxygens (including phenoxy) is 3. The van der Waals surface area contributed by atoms with Crippen LogP contribution >= 0.6 is 11.8 Å². The van der Waals surface area contributed by atoms with Gasteiger partial charge in [-0.15, -0.1) is 6.58 Å². The van der Waals surface area contributed by atoms with Crippen LogP contribution in [0, 0.1) is 17.8 Å². The molecule has 3 N–H and O–H groups in total. The molecule has 0 saturated heterocycles. The number of allylic oxidation sites excluding steroid dienone is 1. The van der Waals surface area contributed by atoms with Crippen LogP contribution in [-0.4, -0.2) is 58.6 Å². The summed E-state index contributed by atoms with van der Waals surface area (Å²) in [6.45, 7) is 7.68. The number of oxime groups is 1. The fraction of sp³-hybridized carbons (Fsp3) is 0.586. The summed E-state index contributed by atoms with van der Waals surface area (Å²) in [6.07, 6.45) is 27.8. The fourth-order valence-electron chi connectivity index (χ4n) is 10.7. The van der Waals surface area contributed by atoms with Gasteiger partial charge in [-0.2, -0.15) is 11.8 Å². The van der Waals surface area contributed by atoms with Gasteiger partial charge in [-0.05, 0) is 84.6 Å². The number of aliphatic hydroxyl groups excluding tert-OH is 2. The number of hydrogen-bond donors (Lipinski definition) is 3. The molecule has 1 amide bonds. The molecule has 10 heteroatoms. The Kier molecular flexibility index (Phi) is 23.4. The zero-order valence-electron chi connectivity index (χ0n) is 41.1. The number of unbranched alkanes of at least 4 members (excludes halogenated alkanes) is 15. The molecule has 0 aromatic heterocycles. The molecule has 6 atom stereocenters. The molecule has 6 rings (SSSR count). The predicted molar refractivity (Wildman–Crippen MR) is 278 cm³/mol. The quantitative estimate of drug-likeness (QED) is 0.0314. The molecule has 3 aromatic rings. The summed E-state index contributed by atoms with van der Waals surface area (Å²) < 4.78 is 20.5. The first-order chi connectivity index (χ1) is 33.5. The first-order valence-corrected chi connectivity index (χ1v) is 27.4. The third kappa shape index (κ3) is 15.7. The third-order valence-corrected chi connectivity index (χ3v) is 15.6. The van der Waals surface area contributed by atoms with Gasteiger partial charge >= 0.3 is 6.09 Å². The summed E-state index contributed by atoms with van der Waals surface area (Å²) in [4.78, 5) is 19.6. The maximum absolute atomic E-state index is 13.3. The zero-order valence-corrected chi connectivity index (χ0v) is 42.0. The minimum Gasteiger partial charge on any atom is -0.460 e. The van der Waals surface area contributed by atoms with Gasteiger partial charge in [0.15, 0.2) is 0 Å². The minimum atomic E-state index is -1.04. The lowest BCUT2D eigenvalue weighted by Crippen LogP contribution is -2.64. The Morgan fingerprint density at radius 3 is 2.09 bits per heavy atom. The van der Waals surface area contributed by atoms with Crippen molar-refractivity contribution in [1.29, 1.82) is 0 Å². The summed E-state index contributed by atoms with van der Waals surface area (Å²) in [5.41, 5.74) is 5.03. The number of nitrogens with zero attached hydrogens (tertiary/aromatic N) is 1. The van der Waals surface area contributed by atoms with E-state index in [4.69, 9.17) is 24.2 Å². The van der Waals surface area contributed by atoms with Crippen molar-refractivity contribution in [2.75, 3.05) is 25.6 Å². The number of rotatable bonds is 33. The monoisotopic (exact) mass is 951 g/mol. The van der Waals surface area contributed by atoms with Gasteiger partial charge in [0.2, 0.25) is 5.79 Å². The average molecular weight is 951 g/mol. The molecule has 1 saturated carbocycles. The normalized spacial score (nSPS) is 22.1. The van der Waals surface area contributed by atoms with Crippen molar-refractivity contribution in [2.24, 2.45) is 22.9 Å². The fourth-order valence-corrected chi connectivity index (χ4v) is 12.2. The van der Waals surface area contributed by atoms with Gasteiger partial charge in [-0.3, -0.25) is 0 Å². The molecule has 0 radical (unpaired) electrons. The third-order valence-electron chi connectivity index (χ3n) is 14.2. The summed E-state index contributed by atoms with van der Waals surface area (Å²) >= 11 is 1.93. The number of carbonyl (C=O) groups is 1. The molecule has 1 fully saturated rings. The number of benzene rings is 3. The molecule has 0 unspecified atom stereocenters. The van der Waals surface area contributed by atoms with E-state index in [1.807, 2.05) is 84.6 Å². The topological polar surface area (TPSA) is 119 Å². The second-order valence-corrected chi connectivity index (χ2v) is 20.5. The summed E-state index contributed by atoms with van der Waals surface area (Å²) in [7, 11) is 0. The lowest BCUT2D eigenvalue weighted by molar-refractivity contribution is -0.223. The van der Waals surface area contributed by atoms with Gasteiger partial charge in [-0.1, -0.05) is 181 Å². The molecule has 372 valence electrons. The van der Waals surface area contributed by atoms with Crippen LogP contribution in [0.25, 0.3) is 0 Å². The Morgan fingerprint density at radius 1 is 0.809 bits per heavy atom. The van der Waals surface area contributed by atoms with Crippen LogP contribution in [-0.2, 0) is 22.7 Å². The first-order valence-electron chi connectivity index (χ1n) is 26.4. The molecule has 1 aliphatic heterocycles. The van der Waals surface area contributed by atoms with E-state index in [9.17, 15) is 15.0 Å². The van der Waals surface area contributed by atoms with Gasteiger partial charge in [0, 0.05) is 37.7 Å². The molecular formula is C58H82N2O7S. The highest BCUT2D eigenvalue weighted by molar-refractivity contribution is 8.00. The zero-order chi connectivity index (χ0) is 47.7. The smallest absolute Gasteiger partial charge is 0.412 e. The van der Waals surface area contributed by atoms with Crippen molar-refractivity contribution in [1.82, 2.24) is 5.32 Å². The van der Waals surface area contributed by atoms with Crippen LogP contribution in [0.5, 0.6) is 11.5 Å². The largest absolute Gasteiger partial charge is 0.460 e. The van der Waals surface area contributed by atoms with E-state index in [1.54, 1.807) is 0 Å². The molecule has 1 heterocycles. The highest BCUT2D eigenvalue weighted by Gasteiger charge is 2.64. The number of aliphatic hydroxyl groups is 2. The maximum Gasteiger partial charge on any atom is 0.412 e. The first kappa shape index (κ1) is 53.3. The van der Waals surface area contributed by atoms with Crippen molar-refractivity contribution in [2.45, 2.75) is 172 Å². The highest BCUT2D eigenvalue weighted by atomic mass is 32.2. The minimum absolute atomic E-state index is 0.0962. The van der Waals surface area contributed by atoms with Crippen molar-refractivity contribution in [3.8, 4) is 11.5 Å². The second-order valence-electron chi connectivity index (χ2n) is 19.2. The Labute approximate surface area is 412 Å². The van der Waals surface area contributed by atoms with E-state index in [0.717, 1.165) is 78.0 Å². The van der Waals surface area contributed by atoms with Crippen LogP contribution in [0.4, 0.5) is 4.79 Å². The Morgan fingerprint density at radius 2 is 1.44 bits per heavy atom. The lowest BCUT2D eigenvalue weighted by Gasteiger charge is -2.58. The van der Waals surface area contributed by atoms with Gasteiger partial charge < -0.3 is 34.6 Å². The van der Waals surface area contributed by atoms with Crippen molar-refractivity contribution < 1.29 is 34.1 Å². The van der Waals surface area contributed by atoms with Gasteiger partial charge in [0.1, 0.15) is 18.1 Å². The van der Waals surface area contributed by atoms with Crippen molar-refractivity contribution in [3.05, 3.63) is 120 Å². The molecule has 3 aromatic carbocycles. The Hall–Kier alpha value is -4.09. The number of thioether (sulfide) groups is 1. The predicted octanol–water partition coefficient (Wildman–Crippen LogP) is 14.0. The number of fused-ring (bicyclic) bond motifs is 2. The van der Waals surface area contributed by atoms with E-state index in [-0.39, 0.29) is 42.1 Å². The molecule has 0 spiro atoms.